The molecule has 2 heteroatoms. The molecule has 1 heterocycles. The predicted octanol–water partition coefficient (Wildman–Crippen LogP) is 6.01. The predicted molar refractivity (Wildman–Crippen MR) is 100 cm³/mol. The molecule has 1 aliphatic rings. The van der Waals surface area contributed by atoms with Gasteiger partial charge in [-0.05, 0) is 54.7 Å². The first-order valence-corrected chi connectivity index (χ1v) is 9.12. The lowest BCUT2D eigenvalue weighted by Gasteiger charge is -2.25. The van der Waals surface area contributed by atoms with Crippen LogP contribution in [0.15, 0.2) is 18.3 Å². The third-order valence-electron chi connectivity index (χ3n) is 5.29. The van der Waals surface area contributed by atoms with Crippen LogP contribution in [-0.4, -0.2) is 9.97 Å². The van der Waals surface area contributed by atoms with Crippen LogP contribution >= 0.6 is 0 Å². The topological polar surface area (TPSA) is 28.7 Å². The smallest absolute Gasteiger partial charge is 0.111 e. The lowest BCUT2D eigenvalue weighted by atomic mass is 9.80. The van der Waals surface area contributed by atoms with E-state index in [2.05, 4.69) is 56.7 Å². The molecular formula is C21H32N2. The first-order valence-electron chi connectivity index (χ1n) is 9.12. The Bertz CT molecular complexity index is 694. The Balaban J connectivity index is 0.00000208. The molecule has 0 radical (unpaired) electrons. The van der Waals surface area contributed by atoms with Crippen molar-refractivity contribution in [1.82, 2.24) is 9.97 Å². The summed E-state index contributed by atoms with van der Waals surface area (Å²) in [6, 6.07) is 4.69. The van der Waals surface area contributed by atoms with E-state index in [9.17, 15) is 0 Å². The van der Waals surface area contributed by atoms with Gasteiger partial charge in [0.15, 0.2) is 0 Å². The number of aromatic nitrogens is 2. The van der Waals surface area contributed by atoms with Crippen molar-refractivity contribution in [3.8, 4) is 11.3 Å². The van der Waals surface area contributed by atoms with Crippen LogP contribution in [0.2, 0.25) is 0 Å². The second kappa shape index (κ2) is 6.14. The van der Waals surface area contributed by atoms with Crippen LogP contribution < -0.4 is 0 Å². The number of aromatic amines is 1. The Labute approximate surface area is 142 Å². The number of hydrogen-bond acceptors (Lipinski definition) is 1. The van der Waals surface area contributed by atoms with E-state index in [1.807, 2.05) is 6.20 Å². The summed E-state index contributed by atoms with van der Waals surface area (Å²) in [4.78, 5) is 8.20. The van der Waals surface area contributed by atoms with Crippen molar-refractivity contribution in [1.29, 1.82) is 0 Å². The largest absolute Gasteiger partial charge is 0.342 e. The summed E-state index contributed by atoms with van der Waals surface area (Å²) in [5.41, 5.74) is 7.38. The van der Waals surface area contributed by atoms with Crippen molar-refractivity contribution < 1.29 is 1.43 Å². The van der Waals surface area contributed by atoms with E-state index >= 15 is 0 Å². The molecule has 0 bridgehead atoms. The van der Waals surface area contributed by atoms with Crippen LogP contribution in [-0.2, 0) is 18.3 Å². The fraction of sp³-hybridized carbons (Fsp3) is 0.571. The molecular weight excluding hydrogens is 280 g/mol. The summed E-state index contributed by atoms with van der Waals surface area (Å²) in [5.74, 6) is 1.73. The van der Waals surface area contributed by atoms with E-state index in [1.54, 1.807) is 16.7 Å². The SMILES string of the molecule is CCC(C)c1ccc(-c2cnc(C(C)(C)C)[nH]2)c2c1CCCC2.[HH]. The third kappa shape index (κ3) is 3.08. The molecule has 1 unspecified atom stereocenters. The number of nitrogens with one attached hydrogen (secondary N) is 1. The highest BCUT2D eigenvalue weighted by molar-refractivity contribution is 5.67. The molecule has 2 aromatic rings. The average Bonchev–Trinajstić information content (AvgIpc) is 3.03. The molecule has 0 fully saturated rings. The van der Waals surface area contributed by atoms with Crippen molar-refractivity contribution in [3.63, 3.8) is 0 Å². The zero-order valence-corrected chi connectivity index (χ0v) is 15.3. The van der Waals surface area contributed by atoms with E-state index in [1.165, 1.54) is 43.4 Å². The minimum absolute atomic E-state index is 0. The maximum Gasteiger partial charge on any atom is 0.111 e. The van der Waals surface area contributed by atoms with Crippen molar-refractivity contribution in [2.24, 2.45) is 0 Å². The number of nitrogens with zero attached hydrogens (tertiary/aromatic N) is 1. The lowest BCUT2D eigenvalue weighted by molar-refractivity contribution is 0.553. The van der Waals surface area contributed by atoms with Gasteiger partial charge in [0.1, 0.15) is 5.82 Å². The Morgan fingerprint density at radius 1 is 1.17 bits per heavy atom. The third-order valence-corrected chi connectivity index (χ3v) is 5.29. The van der Waals surface area contributed by atoms with Crippen LogP contribution in [0.1, 0.15) is 83.7 Å². The normalized spacial score (nSPS) is 16.2. The van der Waals surface area contributed by atoms with Gasteiger partial charge in [0.05, 0.1) is 11.9 Å². The molecule has 126 valence electrons. The summed E-state index contributed by atoms with van der Waals surface area (Å²) < 4.78 is 0. The van der Waals surface area contributed by atoms with Gasteiger partial charge in [-0.25, -0.2) is 4.98 Å². The van der Waals surface area contributed by atoms with E-state index in [-0.39, 0.29) is 6.84 Å². The summed E-state index contributed by atoms with van der Waals surface area (Å²) in [6.45, 7) is 11.3. The van der Waals surface area contributed by atoms with Crippen LogP contribution in [0.5, 0.6) is 0 Å². The Kier molecular flexibility index (Phi) is 4.35. The Morgan fingerprint density at radius 2 is 1.87 bits per heavy atom. The zero-order chi connectivity index (χ0) is 16.6. The zero-order valence-electron chi connectivity index (χ0n) is 15.3. The van der Waals surface area contributed by atoms with Gasteiger partial charge in [0.25, 0.3) is 0 Å². The molecule has 0 aliphatic heterocycles. The highest BCUT2D eigenvalue weighted by Crippen LogP contribution is 2.37. The highest BCUT2D eigenvalue weighted by Gasteiger charge is 2.22. The molecule has 3 rings (SSSR count). The second-order valence-electron chi connectivity index (χ2n) is 8.07. The molecule has 0 saturated carbocycles. The average molecular weight is 313 g/mol. The molecule has 1 aromatic carbocycles. The number of fused-ring (bicyclic) bond motifs is 1. The molecule has 1 aromatic heterocycles. The minimum atomic E-state index is 0. The van der Waals surface area contributed by atoms with Gasteiger partial charge in [-0.1, -0.05) is 46.8 Å². The Morgan fingerprint density at radius 3 is 2.48 bits per heavy atom. The standard InChI is InChI=1S/C21H30N2.H2/c1-6-14(2)15-11-12-18(17-10-8-7-9-16(15)17)19-13-22-20(23-19)21(3,4)5;/h11-14H,6-10H2,1-5H3,(H,22,23);1H. The van der Waals surface area contributed by atoms with Gasteiger partial charge in [-0.3, -0.25) is 0 Å². The van der Waals surface area contributed by atoms with Gasteiger partial charge in [0.2, 0.25) is 0 Å². The molecule has 0 saturated heterocycles. The van der Waals surface area contributed by atoms with E-state index in [0.29, 0.717) is 5.92 Å². The fourth-order valence-electron chi connectivity index (χ4n) is 3.67. The second-order valence-corrected chi connectivity index (χ2v) is 8.07. The molecule has 1 aliphatic carbocycles. The number of imidazole rings is 1. The first kappa shape index (κ1) is 16.3. The molecule has 0 amide bonds. The summed E-state index contributed by atoms with van der Waals surface area (Å²) in [6.07, 6.45) is 8.32. The minimum Gasteiger partial charge on any atom is -0.342 e. The Hall–Kier alpha value is -1.57. The first-order chi connectivity index (χ1) is 10.9. The molecule has 23 heavy (non-hydrogen) atoms. The number of benzene rings is 1. The van der Waals surface area contributed by atoms with Crippen LogP contribution in [0.3, 0.4) is 0 Å². The van der Waals surface area contributed by atoms with Crippen LogP contribution in [0.4, 0.5) is 0 Å². The summed E-state index contributed by atoms with van der Waals surface area (Å²) >= 11 is 0. The number of hydrogen-bond donors (Lipinski definition) is 1. The van der Waals surface area contributed by atoms with Crippen molar-refractivity contribution in [2.75, 3.05) is 0 Å². The van der Waals surface area contributed by atoms with Crippen molar-refractivity contribution in [3.05, 3.63) is 40.8 Å². The van der Waals surface area contributed by atoms with Crippen molar-refractivity contribution >= 4 is 0 Å². The highest BCUT2D eigenvalue weighted by atomic mass is 14.9. The quantitative estimate of drug-likeness (QED) is 0.738. The van der Waals surface area contributed by atoms with E-state index in [4.69, 9.17) is 0 Å². The van der Waals surface area contributed by atoms with Crippen LogP contribution in [0, 0.1) is 0 Å². The molecule has 1 N–H and O–H groups in total. The summed E-state index contributed by atoms with van der Waals surface area (Å²) in [5, 5.41) is 0. The van der Waals surface area contributed by atoms with Gasteiger partial charge >= 0.3 is 0 Å². The van der Waals surface area contributed by atoms with E-state index < -0.39 is 0 Å². The van der Waals surface area contributed by atoms with Gasteiger partial charge in [-0.2, -0.15) is 0 Å². The monoisotopic (exact) mass is 312 g/mol. The lowest BCUT2D eigenvalue weighted by Crippen LogP contribution is -2.13. The van der Waals surface area contributed by atoms with Crippen LogP contribution in [0.25, 0.3) is 11.3 Å². The maximum atomic E-state index is 4.63. The van der Waals surface area contributed by atoms with Crippen molar-refractivity contribution in [2.45, 2.75) is 78.1 Å². The fourth-order valence-corrected chi connectivity index (χ4v) is 3.67. The molecule has 0 spiro atoms. The number of H-pyrrole nitrogens is 1. The molecule has 2 nitrogen and oxygen atoms in total. The van der Waals surface area contributed by atoms with Gasteiger partial charge < -0.3 is 4.98 Å². The molecule has 1 atom stereocenters. The van der Waals surface area contributed by atoms with Gasteiger partial charge in [0, 0.05) is 12.4 Å². The number of rotatable bonds is 3. The maximum absolute atomic E-state index is 4.63. The summed E-state index contributed by atoms with van der Waals surface area (Å²) in [7, 11) is 0. The van der Waals surface area contributed by atoms with Gasteiger partial charge in [-0.15, -0.1) is 0 Å². The van der Waals surface area contributed by atoms with E-state index in [0.717, 1.165) is 5.82 Å².